The van der Waals surface area contributed by atoms with Gasteiger partial charge in [0, 0.05) is 18.2 Å². The van der Waals surface area contributed by atoms with Gasteiger partial charge in [-0.2, -0.15) is 0 Å². The average Bonchev–Trinajstić information content (AvgIpc) is 2.48. The number of aromatic nitrogens is 2. The van der Waals surface area contributed by atoms with E-state index in [4.69, 9.17) is 4.74 Å². The van der Waals surface area contributed by atoms with Crippen LogP contribution in [0, 0.1) is 0 Å². The first kappa shape index (κ1) is 8.41. The molecule has 1 aromatic rings. The summed E-state index contributed by atoms with van der Waals surface area (Å²) in [4.78, 5) is 8.11. The zero-order chi connectivity index (χ0) is 10.1. The van der Waals surface area contributed by atoms with Gasteiger partial charge in [-0.15, -0.1) is 0 Å². The zero-order valence-electron chi connectivity index (χ0n) is 8.18. The summed E-state index contributed by atoms with van der Waals surface area (Å²) in [7, 11) is 0. The molecule has 0 saturated carbocycles. The van der Waals surface area contributed by atoms with Crippen LogP contribution in [-0.4, -0.2) is 9.97 Å². The fraction of sp³-hybridized carbons (Fsp3) is 0.167. The van der Waals surface area contributed by atoms with Crippen LogP contribution < -0.4 is 4.74 Å². The SMILES string of the molecule is C1=CC2=C(CC1)Oc1ncncc1C=C2. The Morgan fingerprint density at radius 1 is 1.20 bits per heavy atom. The Morgan fingerprint density at radius 2 is 2.20 bits per heavy atom. The molecule has 0 radical (unpaired) electrons. The normalized spacial score (nSPS) is 17.9. The van der Waals surface area contributed by atoms with Crippen LogP contribution in [0.5, 0.6) is 5.88 Å². The van der Waals surface area contributed by atoms with E-state index < -0.39 is 0 Å². The molecule has 1 aromatic heterocycles. The van der Waals surface area contributed by atoms with Gasteiger partial charge in [0.15, 0.2) is 0 Å². The Kier molecular flexibility index (Phi) is 1.88. The quantitative estimate of drug-likeness (QED) is 0.642. The highest BCUT2D eigenvalue weighted by Gasteiger charge is 2.14. The van der Waals surface area contributed by atoms with E-state index in [1.807, 2.05) is 6.08 Å². The first-order valence-electron chi connectivity index (χ1n) is 4.99. The lowest BCUT2D eigenvalue weighted by Crippen LogP contribution is -2.02. The summed E-state index contributed by atoms with van der Waals surface area (Å²) in [6, 6.07) is 0. The Balaban J connectivity index is 2.09. The molecular weight excluding hydrogens is 188 g/mol. The van der Waals surface area contributed by atoms with Crippen LogP contribution in [0.1, 0.15) is 18.4 Å². The maximum absolute atomic E-state index is 5.78. The van der Waals surface area contributed by atoms with Crippen molar-refractivity contribution in [2.75, 3.05) is 0 Å². The number of allylic oxidation sites excluding steroid dienone is 5. The predicted molar refractivity (Wildman–Crippen MR) is 57.1 cm³/mol. The van der Waals surface area contributed by atoms with Crippen molar-refractivity contribution in [1.82, 2.24) is 9.97 Å². The van der Waals surface area contributed by atoms with Gasteiger partial charge in [-0.05, 0) is 12.5 Å². The van der Waals surface area contributed by atoms with E-state index in [-0.39, 0.29) is 0 Å². The van der Waals surface area contributed by atoms with Crippen LogP contribution in [0.25, 0.3) is 6.08 Å². The molecule has 0 aromatic carbocycles. The summed E-state index contributed by atoms with van der Waals surface area (Å²) in [5.74, 6) is 1.66. The van der Waals surface area contributed by atoms with Crippen molar-refractivity contribution < 1.29 is 4.74 Å². The van der Waals surface area contributed by atoms with Crippen LogP contribution in [0.15, 0.2) is 42.1 Å². The van der Waals surface area contributed by atoms with E-state index in [0.717, 1.165) is 29.7 Å². The highest BCUT2D eigenvalue weighted by Crippen LogP contribution is 2.29. The van der Waals surface area contributed by atoms with E-state index in [0.29, 0.717) is 5.88 Å². The second-order valence-electron chi connectivity index (χ2n) is 3.54. The van der Waals surface area contributed by atoms with Crippen molar-refractivity contribution >= 4 is 6.08 Å². The second-order valence-corrected chi connectivity index (χ2v) is 3.54. The van der Waals surface area contributed by atoms with Gasteiger partial charge in [0.05, 0.1) is 5.56 Å². The molecule has 3 rings (SSSR count). The van der Waals surface area contributed by atoms with Crippen molar-refractivity contribution in [1.29, 1.82) is 0 Å². The Bertz CT molecular complexity index is 486. The number of fused-ring (bicyclic) bond motifs is 1. The van der Waals surface area contributed by atoms with Gasteiger partial charge in [0.25, 0.3) is 0 Å². The summed E-state index contributed by atoms with van der Waals surface area (Å²) < 4.78 is 5.78. The molecule has 0 fully saturated rings. The Labute approximate surface area is 87.8 Å². The molecule has 74 valence electrons. The van der Waals surface area contributed by atoms with E-state index >= 15 is 0 Å². The third kappa shape index (κ3) is 1.46. The predicted octanol–water partition coefficient (Wildman–Crippen LogP) is 2.49. The van der Waals surface area contributed by atoms with Gasteiger partial charge in [-0.1, -0.05) is 18.2 Å². The molecule has 0 unspecified atom stereocenters. The highest BCUT2D eigenvalue weighted by molar-refractivity contribution is 5.60. The monoisotopic (exact) mass is 198 g/mol. The number of hydrogen-bond donors (Lipinski definition) is 0. The molecule has 15 heavy (non-hydrogen) atoms. The standard InChI is InChI=1S/C12H10N2O/c1-2-4-11-9(3-1)5-6-10-7-13-8-14-12(10)15-11/h1,3,5-8H,2,4H2. The van der Waals surface area contributed by atoms with Gasteiger partial charge >= 0.3 is 0 Å². The van der Waals surface area contributed by atoms with Gasteiger partial charge in [-0.25, -0.2) is 9.97 Å². The van der Waals surface area contributed by atoms with E-state index in [2.05, 4.69) is 28.2 Å². The van der Waals surface area contributed by atoms with Crippen LogP contribution in [0.4, 0.5) is 0 Å². The third-order valence-electron chi connectivity index (χ3n) is 2.52. The van der Waals surface area contributed by atoms with Crippen LogP contribution in [-0.2, 0) is 0 Å². The molecule has 2 aliphatic rings. The number of ether oxygens (including phenoxy) is 1. The minimum Gasteiger partial charge on any atom is -0.442 e. The highest BCUT2D eigenvalue weighted by atomic mass is 16.5. The van der Waals surface area contributed by atoms with Crippen LogP contribution in [0.3, 0.4) is 0 Å². The molecule has 0 bridgehead atoms. The fourth-order valence-electron chi connectivity index (χ4n) is 1.75. The van der Waals surface area contributed by atoms with Gasteiger partial charge in [0.1, 0.15) is 12.1 Å². The number of rotatable bonds is 0. The lowest BCUT2D eigenvalue weighted by molar-refractivity contribution is 0.383. The van der Waals surface area contributed by atoms with Crippen molar-refractivity contribution in [3.63, 3.8) is 0 Å². The molecule has 0 amide bonds. The maximum Gasteiger partial charge on any atom is 0.229 e. The molecule has 0 atom stereocenters. The number of nitrogens with zero attached hydrogens (tertiary/aromatic N) is 2. The van der Waals surface area contributed by atoms with Crippen molar-refractivity contribution in [3.05, 3.63) is 47.6 Å². The Morgan fingerprint density at radius 3 is 3.20 bits per heavy atom. The molecule has 0 N–H and O–H groups in total. The molecule has 2 heterocycles. The van der Waals surface area contributed by atoms with Crippen molar-refractivity contribution in [2.45, 2.75) is 12.8 Å². The smallest absolute Gasteiger partial charge is 0.229 e. The molecule has 0 spiro atoms. The lowest BCUT2D eigenvalue weighted by Gasteiger charge is -2.12. The summed E-state index contributed by atoms with van der Waals surface area (Å²) in [6.07, 6.45) is 13.6. The molecule has 0 saturated heterocycles. The fourth-order valence-corrected chi connectivity index (χ4v) is 1.75. The molecular formula is C12H10N2O. The van der Waals surface area contributed by atoms with E-state index in [1.165, 1.54) is 6.33 Å². The average molecular weight is 198 g/mol. The summed E-state index contributed by atoms with van der Waals surface area (Å²) >= 11 is 0. The maximum atomic E-state index is 5.78. The summed E-state index contributed by atoms with van der Waals surface area (Å²) in [6.45, 7) is 0. The van der Waals surface area contributed by atoms with Gasteiger partial charge < -0.3 is 4.74 Å². The first-order valence-corrected chi connectivity index (χ1v) is 4.99. The minimum atomic E-state index is 0.654. The van der Waals surface area contributed by atoms with Crippen molar-refractivity contribution in [3.8, 4) is 5.88 Å². The molecule has 1 aliphatic heterocycles. The van der Waals surface area contributed by atoms with Crippen LogP contribution >= 0.6 is 0 Å². The van der Waals surface area contributed by atoms with Crippen LogP contribution in [0.2, 0.25) is 0 Å². The molecule has 3 nitrogen and oxygen atoms in total. The molecule has 3 heteroatoms. The van der Waals surface area contributed by atoms with Crippen molar-refractivity contribution in [2.24, 2.45) is 0 Å². The lowest BCUT2D eigenvalue weighted by atomic mass is 10.0. The first-order chi connectivity index (χ1) is 7.43. The summed E-state index contributed by atoms with van der Waals surface area (Å²) in [5, 5.41) is 0. The van der Waals surface area contributed by atoms with E-state index in [1.54, 1.807) is 6.20 Å². The van der Waals surface area contributed by atoms with Gasteiger partial charge in [-0.3, -0.25) is 0 Å². The summed E-state index contributed by atoms with van der Waals surface area (Å²) in [5.41, 5.74) is 2.07. The number of hydrogen-bond acceptors (Lipinski definition) is 3. The second kappa shape index (κ2) is 3.35. The zero-order valence-corrected chi connectivity index (χ0v) is 8.18. The topological polar surface area (TPSA) is 35.0 Å². The Hall–Kier alpha value is -1.90. The van der Waals surface area contributed by atoms with Gasteiger partial charge in [0.2, 0.25) is 5.88 Å². The van der Waals surface area contributed by atoms with E-state index in [9.17, 15) is 0 Å². The largest absolute Gasteiger partial charge is 0.442 e. The molecule has 1 aliphatic carbocycles. The minimum absolute atomic E-state index is 0.654. The third-order valence-corrected chi connectivity index (χ3v) is 2.52.